The molecule has 0 aliphatic carbocycles. The number of rotatable bonds is 4. The van der Waals surface area contributed by atoms with Crippen molar-refractivity contribution in [1.82, 2.24) is 0 Å². The summed E-state index contributed by atoms with van der Waals surface area (Å²) in [6, 6.07) is 12.1. The highest BCUT2D eigenvalue weighted by Crippen LogP contribution is 2.18. The van der Waals surface area contributed by atoms with Crippen LogP contribution in [-0.4, -0.2) is 19.5 Å². The van der Waals surface area contributed by atoms with Gasteiger partial charge in [0, 0.05) is 11.4 Å². The smallest absolute Gasteiger partial charge is 0.335 e. The van der Waals surface area contributed by atoms with E-state index < -0.39 is 16.0 Å². The minimum absolute atomic E-state index is 0.0317. The summed E-state index contributed by atoms with van der Waals surface area (Å²) in [5.74, 6) is -0.992. The molecule has 0 fully saturated rings. The standard InChI is InChI=1S/C13H12N2O4S/c14-20(18,19)12-7-5-11(6-8-12)15-10-3-1-9(2-4-10)13(16)17/h1-8,15H,(H,16,17)(H2,14,18,19). The molecular formula is C13H12N2O4S. The van der Waals surface area contributed by atoms with Crippen molar-refractivity contribution >= 4 is 27.4 Å². The molecular weight excluding hydrogens is 280 g/mol. The van der Waals surface area contributed by atoms with Crippen LogP contribution in [0.15, 0.2) is 53.4 Å². The molecule has 2 aromatic rings. The molecule has 0 radical (unpaired) electrons. The van der Waals surface area contributed by atoms with Crippen LogP contribution in [0.2, 0.25) is 0 Å². The lowest BCUT2D eigenvalue weighted by Crippen LogP contribution is -2.11. The highest BCUT2D eigenvalue weighted by molar-refractivity contribution is 7.89. The number of carboxylic acid groups (broad SMARTS) is 1. The van der Waals surface area contributed by atoms with E-state index in [9.17, 15) is 13.2 Å². The second-order valence-electron chi connectivity index (χ2n) is 4.08. The second kappa shape index (κ2) is 5.32. The first kappa shape index (κ1) is 14.0. The van der Waals surface area contributed by atoms with Gasteiger partial charge in [0.05, 0.1) is 10.5 Å². The number of primary sulfonamides is 1. The highest BCUT2D eigenvalue weighted by atomic mass is 32.2. The number of benzene rings is 2. The van der Waals surface area contributed by atoms with Crippen LogP contribution in [0.25, 0.3) is 0 Å². The summed E-state index contributed by atoms with van der Waals surface area (Å²) in [4.78, 5) is 10.7. The van der Waals surface area contributed by atoms with Crippen LogP contribution < -0.4 is 10.5 Å². The predicted octanol–water partition coefficient (Wildman–Crippen LogP) is 1.78. The predicted molar refractivity (Wildman–Crippen MR) is 74.5 cm³/mol. The van der Waals surface area contributed by atoms with Gasteiger partial charge in [0.25, 0.3) is 0 Å². The van der Waals surface area contributed by atoms with Crippen molar-refractivity contribution in [3.05, 3.63) is 54.1 Å². The zero-order chi connectivity index (χ0) is 14.8. The van der Waals surface area contributed by atoms with Gasteiger partial charge < -0.3 is 10.4 Å². The second-order valence-corrected chi connectivity index (χ2v) is 5.64. The summed E-state index contributed by atoms with van der Waals surface area (Å²) in [7, 11) is -3.70. The maximum atomic E-state index is 11.1. The monoisotopic (exact) mass is 292 g/mol. The molecule has 4 N–H and O–H groups in total. The summed E-state index contributed by atoms with van der Waals surface area (Å²) in [6.45, 7) is 0. The zero-order valence-corrected chi connectivity index (χ0v) is 11.1. The quantitative estimate of drug-likeness (QED) is 0.795. The molecule has 2 rings (SSSR count). The van der Waals surface area contributed by atoms with Gasteiger partial charge in [-0.1, -0.05) is 0 Å². The molecule has 0 amide bonds. The zero-order valence-electron chi connectivity index (χ0n) is 10.3. The van der Waals surface area contributed by atoms with E-state index in [0.717, 1.165) is 0 Å². The van der Waals surface area contributed by atoms with E-state index >= 15 is 0 Å². The first-order chi connectivity index (χ1) is 9.36. The van der Waals surface area contributed by atoms with Gasteiger partial charge in [-0.05, 0) is 48.5 Å². The molecule has 0 atom stereocenters. The van der Waals surface area contributed by atoms with Crippen molar-refractivity contribution in [2.45, 2.75) is 4.90 Å². The van der Waals surface area contributed by atoms with Crippen molar-refractivity contribution in [2.75, 3.05) is 5.32 Å². The van der Waals surface area contributed by atoms with E-state index in [1.165, 1.54) is 24.3 Å². The molecule has 0 aliphatic heterocycles. The fourth-order valence-electron chi connectivity index (χ4n) is 1.59. The third-order valence-electron chi connectivity index (χ3n) is 2.60. The Kier molecular flexibility index (Phi) is 3.73. The van der Waals surface area contributed by atoms with Crippen LogP contribution in [0.3, 0.4) is 0 Å². The molecule has 20 heavy (non-hydrogen) atoms. The Bertz CT molecular complexity index is 722. The Balaban J connectivity index is 2.16. The van der Waals surface area contributed by atoms with Gasteiger partial charge in [-0.3, -0.25) is 0 Å². The molecule has 7 heteroatoms. The number of hydrogen-bond donors (Lipinski definition) is 3. The summed E-state index contributed by atoms with van der Waals surface area (Å²) >= 11 is 0. The average molecular weight is 292 g/mol. The van der Waals surface area contributed by atoms with Gasteiger partial charge >= 0.3 is 5.97 Å². The van der Waals surface area contributed by atoms with E-state index in [4.69, 9.17) is 10.2 Å². The lowest BCUT2D eigenvalue weighted by molar-refractivity contribution is 0.0697. The van der Waals surface area contributed by atoms with Gasteiger partial charge in [-0.25, -0.2) is 18.4 Å². The number of nitrogens with two attached hydrogens (primary N) is 1. The van der Waals surface area contributed by atoms with Crippen LogP contribution in [0.1, 0.15) is 10.4 Å². The Hall–Kier alpha value is -2.38. The van der Waals surface area contributed by atoms with Gasteiger partial charge in [0.1, 0.15) is 0 Å². The fourth-order valence-corrected chi connectivity index (χ4v) is 2.11. The fraction of sp³-hybridized carbons (Fsp3) is 0. The molecule has 6 nitrogen and oxygen atoms in total. The summed E-state index contributed by atoms with van der Waals surface area (Å²) in [6.07, 6.45) is 0. The number of carbonyl (C=O) groups is 1. The molecule has 0 unspecified atom stereocenters. The normalized spacial score (nSPS) is 11.1. The SMILES string of the molecule is NS(=O)(=O)c1ccc(Nc2ccc(C(=O)O)cc2)cc1. The third kappa shape index (κ3) is 3.34. The molecule has 0 saturated carbocycles. The number of sulfonamides is 1. The number of nitrogens with one attached hydrogen (secondary N) is 1. The van der Waals surface area contributed by atoms with Crippen molar-refractivity contribution in [2.24, 2.45) is 5.14 Å². The van der Waals surface area contributed by atoms with Crippen LogP contribution in [-0.2, 0) is 10.0 Å². The van der Waals surface area contributed by atoms with Gasteiger partial charge in [0.15, 0.2) is 0 Å². The molecule has 0 spiro atoms. The average Bonchev–Trinajstić information content (AvgIpc) is 2.39. The first-order valence-corrected chi connectivity index (χ1v) is 7.14. The van der Waals surface area contributed by atoms with Crippen molar-refractivity contribution in [1.29, 1.82) is 0 Å². The molecule has 0 heterocycles. The van der Waals surface area contributed by atoms with Crippen LogP contribution >= 0.6 is 0 Å². The van der Waals surface area contributed by atoms with Gasteiger partial charge in [-0.15, -0.1) is 0 Å². The number of carboxylic acids is 1. The van der Waals surface area contributed by atoms with E-state index in [2.05, 4.69) is 5.32 Å². The number of anilines is 2. The summed E-state index contributed by atoms with van der Waals surface area (Å²) in [5, 5.41) is 16.8. The molecule has 0 aliphatic rings. The van der Waals surface area contributed by atoms with Crippen molar-refractivity contribution < 1.29 is 18.3 Å². The molecule has 2 aromatic carbocycles. The van der Waals surface area contributed by atoms with Crippen molar-refractivity contribution in [3.63, 3.8) is 0 Å². The molecule has 0 aromatic heterocycles. The Labute approximate surface area is 115 Å². The van der Waals surface area contributed by atoms with Crippen LogP contribution in [0, 0.1) is 0 Å². The molecule has 0 saturated heterocycles. The Morgan fingerprint density at radius 1 is 0.950 bits per heavy atom. The number of hydrogen-bond acceptors (Lipinski definition) is 4. The lowest BCUT2D eigenvalue weighted by atomic mass is 10.2. The van der Waals surface area contributed by atoms with Crippen molar-refractivity contribution in [3.8, 4) is 0 Å². The minimum Gasteiger partial charge on any atom is -0.478 e. The van der Waals surface area contributed by atoms with Gasteiger partial charge in [-0.2, -0.15) is 0 Å². The summed E-state index contributed by atoms with van der Waals surface area (Å²) in [5.41, 5.74) is 1.55. The summed E-state index contributed by atoms with van der Waals surface area (Å²) < 4.78 is 22.2. The minimum atomic E-state index is -3.70. The van der Waals surface area contributed by atoms with E-state index in [1.807, 2.05) is 0 Å². The third-order valence-corrected chi connectivity index (χ3v) is 3.53. The maximum Gasteiger partial charge on any atom is 0.335 e. The lowest BCUT2D eigenvalue weighted by Gasteiger charge is -2.07. The van der Waals surface area contributed by atoms with Crippen LogP contribution in [0.4, 0.5) is 11.4 Å². The largest absolute Gasteiger partial charge is 0.478 e. The Morgan fingerprint density at radius 3 is 1.80 bits per heavy atom. The van der Waals surface area contributed by atoms with Crippen LogP contribution in [0.5, 0.6) is 0 Å². The molecule has 0 bridgehead atoms. The maximum absolute atomic E-state index is 11.1. The van der Waals surface area contributed by atoms with E-state index in [1.54, 1.807) is 24.3 Å². The van der Waals surface area contributed by atoms with E-state index in [0.29, 0.717) is 11.4 Å². The number of aromatic carboxylic acids is 1. The highest BCUT2D eigenvalue weighted by Gasteiger charge is 2.07. The first-order valence-electron chi connectivity index (χ1n) is 5.59. The van der Waals surface area contributed by atoms with Gasteiger partial charge in [0.2, 0.25) is 10.0 Å². The molecule has 104 valence electrons. The Morgan fingerprint density at radius 2 is 1.40 bits per heavy atom. The van der Waals surface area contributed by atoms with E-state index in [-0.39, 0.29) is 10.5 Å². The topological polar surface area (TPSA) is 109 Å².